The molecule has 2 aromatic carbocycles. The number of rotatable bonds is 4. The molecule has 3 nitrogen and oxygen atoms in total. The van der Waals surface area contributed by atoms with Crippen LogP contribution in [0, 0.1) is 5.82 Å². The third kappa shape index (κ3) is 2.85. The molecule has 6 heteroatoms. The van der Waals surface area contributed by atoms with Gasteiger partial charge in [0.05, 0.1) is 4.90 Å². The van der Waals surface area contributed by atoms with Gasteiger partial charge in [-0.1, -0.05) is 29.8 Å². The fraction of sp³-hybridized carbons (Fsp3) is 0.143. The molecule has 0 aliphatic rings. The van der Waals surface area contributed by atoms with E-state index >= 15 is 0 Å². The zero-order chi connectivity index (χ0) is 14.8. The monoisotopic (exact) mass is 313 g/mol. The van der Waals surface area contributed by atoms with Crippen molar-refractivity contribution in [1.82, 2.24) is 0 Å². The van der Waals surface area contributed by atoms with E-state index in [-0.39, 0.29) is 17.0 Å². The van der Waals surface area contributed by atoms with Crippen LogP contribution in [0.3, 0.4) is 0 Å². The molecule has 20 heavy (non-hydrogen) atoms. The van der Waals surface area contributed by atoms with Crippen molar-refractivity contribution in [2.75, 3.05) is 6.54 Å². The number of hydrogen-bond acceptors (Lipinski definition) is 3. The molecule has 0 aliphatic heterocycles. The first kappa shape index (κ1) is 15.0. The Morgan fingerprint density at radius 1 is 1.10 bits per heavy atom. The quantitative estimate of drug-likeness (QED) is 0.944. The Morgan fingerprint density at radius 3 is 2.25 bits per heavy atom. The van der Waals surface area contributed by atoms with Gasteiger partial charge in [-0.2, -0.15) is 0 Å². The van der Waals surface area contributed by atoms with Crippen molar-refractivity contribution in [1.29, 1.82) is 0 Å². The van der Waals surface area contributed by atoms with Crippen molar-refractivity contribution in [2.24, 2.45) is 5.73 Å². The summed E-state index contributed by atoms with van der Waals surface area (Å²) in [5.41, 5.74) is 5.63. The third-order valence-corrected chi connectivity index (χ3v) is 5.36. The first-order chi connectivity index (χ1) is 9.46. The molecule has 0 bridgehead atoms. The molecule has 0 fully saturated rings. The Labute approximate surface area is 122 Å². The van der Waals surface area contributed by atoms with Gasteiger partial charge in [-0.05, 0) is 30.3 Å². The highest BCUT2D eigenvalue weighted by atomic mass is 35.5. The predicted molar refractivity (Wildman–Crippen MR) is 76.8 cm³/mol. The van der Waals surface area contributed by atoms with Gasteiger partial charge < -0.3 is 5.73 Å². The maximum Gasteiger partial charge on any atom is 0.186 e. The normalized spacial score (nSPS) is 13.2. The Balaban J connectivity index is 2.51. The summed E-state index contributed by atoms with van der Waals surface area (Å²) >= 11 is 5.74. The summed E-state index contributed by atoms with van der Waals surface area (Å²) in [4.78, 5) is 0.0700. The molecule has 0 heterocycles. The van der Waals surface area contributed by atoms with Gasteiger partial charge in [0.1, 0.15) is 11.1 Å². The Hall–Kier alpha value is -1.43. The van der Waals surface area contributed by atoms with E-state index in [1.165, 1.54) is 42.5 Å². The van der Waals surface area contributed by atoms with Crippen molar-refractivity contribution in [3.8, 4) is 0 Å². The van der Waals surface area contributed by atoms with Crippen LogP contribution < -0.4 is 5.73 Å². The van der Waals surface area contributed by atoms with E-state index in [0.29, 0.717) is 5.02 Å². The highest BCUT2D eigenvalue weighted by Gasteiger charge is 2.29. The molecular weight excluding hydrogens is 301 g/mol. The van der Waals surface area contributed by atoms with Crippen LogP contribution in [-0.4, -0.2) is 15.0 Å². The van der Waals surface area contributed by atoms with Gasteiger partial charge >= 0.3 is 0 Å². The molecular formula is C14H13ClFNO2S. The molecule has 1 atom stereocenters. The molecule has 2 N–H and O–H groups in total. The van der Waals surface area contributed by atoms with Crippen LogP contribution in [0.25, 0.3) is 0 Å². The Morgan fingerprint density at radius 2 is 1.70 bits per heavy atom. The smallest absolute Gasteiger partial charge is 0.186 e. The van der Waals surface area contributed by atoms with Crippen LogP contribution in [0.4, 0.5) is 4.39 Å². The number of nitrogens with two attached hydrogens (primary N) is 1. The van der Waals surface area contributed by atoms with Gasteiger partial charge in [-0.25, -0.2) is 12.8 Å². The summed E-state index contributed by atoms with van der Waals surface area (Å²) in [5, 5.41) is -0.691. The minimum absolute atomic E-state index is 0.0700. The summed E-state index contributed by atoms with van der Waals surface area (Å²) < 4.78 is 38.9. The number of halogens is 2. The summed E-state index contributed by atoms with van der Waals surface area (Å²) in [6.45, 7) is -0.202. The molecule has 2 rings (SSSR count). The Bertz CT molecular complexity index is 701. The van der Waals surface area contributed by atoms with E-state index in [1.807, 2.05) is 0 Å². The molecule has 0 aliphatic carbocycles. The standard InChI is InChI=1S/C14H13ClFNO2S/c15-10-5-7-11(8-6-10)20(18,19)14(9-17)12-3-1-2-4-13(12)16/h1-8,14H,9,17H2. The average Bonchev–Trinajstić information content (AvgIpc) is 2.42. The van der Waals surface area contributed by atoms with Gasteiger partial charge in [-0.15, -0.1) is 0 Å². The van der Waals surface area contributed by atoms with Crippen LogP contribution in [0.5, 0.6) is 0 Å². The lowest BCUT2D eigenvalue weighted by Crippen LogP contribution is -2.23. The molecule has 2 aromatic rings. The summed E-state index contributed by atoms with van der Waals surface area (Å²) in [6.07, 6.45) is 0. The fourth-order valence-electron chi connectivity index (χ4n) is 1.95. The lowest BCUT2D eigenvalue weighted by atomic mass is 10.1. The molecule has 106 valence electrons. The zero-order valence-corrected chi connectivity index (χ0v) is 12.0. The minimum atomic E-state index is -3.77. The van der Waals surface area contributed by atoms with Crippen molar-refractivity contribution >= 4 is 21.4 Å². The van der Waals surface area contributed by atoms with Crippen molar-refractivity contribution in [3.63, 3.8) is 0 Å². The lowest BCUT2D eigenvalue weighted by molar-refractivity contribution is 0.568. The first-order valence-corrected chi connectivity index (χ1v) is 7.83. The zero-order valence-electron chi connectivity index (χ0n) is 10.5. The van der Waals surface area contributed by atoms with Gasteiger partial charge in [-0.3, -0.25) is 0 Å². The first-order valence-electron chi connectivity index (χ1n) is 5.91. The predicted octanol–water partition coefficient (Wildman–Crippen LogP) is 2.95. The highest BCUT2D eigenvalue weighted by Crippen LogP contribution is 2.30. The van der Waals surface area contributed by atoms with Gasteiger partial charge in [0.25, 0.3) is 0 Å². The molecule has 0 spiro atoms. The number of hydrogen-bond donors (Lipinski definition) is 1. The molecule has 1 unspecified atom stereocenters. The fourth-order valence-corrected chi connectivity index (χ4v) is 3.69. The topological polar surface area (TPSA) is 60.2 Å². The van der Waals surface area contributed by atoms with Crippen LogP contribution in [0.2, 0.25) is 5.02 Å². The maximum absolute atomic E-state index is 13.8. The van der Waals surface area contributed by atoms with Crippen molar-refractivity contribution in [2.45, 2.75) is 10.1 Å². The second-order valence-corrected chi connectivity index (χ2v) is 6.81. The van der Waals surface area contributed by atoms with E-state index in [2.05, 4.69) is 0 Å². The SMILES string of the molecule is NCC(c1ccccc1F)S(=O)(=O)c1ccc(Cl)cc1. The minimum Gasteiger partial charge on any atom is -0.329 e. The van der Waals surface area contributed by atoms with Gasteiger partial charge in [0.2, 0.25) is 0 Å². The largest absolute Gasteiger partial charge is 0.329 e. The molecule has 0 amide bonds. The molecule has 0 saturated heterocycles. The summed E-state index contributed by atoms with van der Waals surface area (Å²) in [5.74, 6) is -0.583. The van der Waals surface area contributed by atoms with E-state index in [4.69, 9.17) is 17.3 Å². The van der Waals surface area contributed by atoms with Crippen LogP contribution in [0.1, 0.15) is 10.8 Å². The Kier molecular flexibility index (Phi) is 4.42. The van der Waals surface area contributed by atoms with Crippen LogP contribution in [-0.2, 0) is 9.84 Å². The second kappa shape index (κ2) is 5.91. The maximum atomic E-state index is 13.8. The highest BCUT2D eigenvalue weighted by molar-refractivity contribution is 7.91. The van der Waals surface area contributed by atoms with Crippen molar-refractivity contribution in [3.05, 3.63) is 64.9 Å². The van der Waals surface area contributed by atoms with Gasteiger partial charge in [0.15, 0.2) is 9.84 Å². The summed E-state index contributed by atoms with van der Waals surface area (Å²) in [6, 6.07) is 11.5. The lowest BCUT2D eigenvalue weighted by Gasteiger charge is -2.17. The molecule has 0 saturated carbocycles. The van der Waals surface area contributed by atoms with E-state index in [1.54, 1.807) is 6.07 Å². The number of sulfone groups is 1. The third-order valence-electron chi connectivity index (χ3n) is 2.98. The van der Waals surface area contributed by atoms with Crippen LogP contribution >= 0.6 is 11.6 Å². The molecule has 0 aromatic heterocycles. The average molecular weight is 314 g/mol. The van der Waals surface area contributed by atoms with Crippen molar-refractivity contribution < 1.29 is 12.8 Å². The summed E-state index contributed by atoms with van der Waals surface area (Å²) in [7, 11) is -3.77. The second-order valence-electron chi connectivity index (χ2n) is 4.24. The molecule has 0 radical (unpaired) electrons. The van der Waals surface area contributed by atoms with Gasteiger partial charge in [0, 0.05) is 17.1 Å². The van der Waals surface area contributed by atoms with E-state index in [0.717, 1.165) is 0 Å². The van der Waals surface area contributed by atoms with E-state index < -0.39 is 20.9 Å². The van der Waals surface area contributed by atoms with E-state index in [9.17, 15) is 12.8 Å². The number of benzene rings is 2. The van der Waals surface area contributed by atoms with Crippen LogP contribution in [0.15, 0.2) is 53.4 Å².